The lowest BCUT2D eigenvalue weighted by atomic mass is 10.1. The summed E-state index contributed by atoms with van der Waals surface area (Å²) in [6.07, 6.45) is 0.582. The van der Waals surface area contributed by atoms with Crippen LogP contribution in [-0.4, -0.2) is 44.5 Å². The Morgan fingerprint density at radius 3 is 2.94 bits per heavy atom. The van der Waals surface area contributed by atoms with Crippen molar-refractivity contribution >= 4 is 23.5 Å². The molecule has 2 heterocycles. The highest BCUT2D eigenvalue weighted by Crippen LogP contribution is 2.20. The van der Waals surface area contributed by atoms with Crippen LogP contribution in [-0.2, 0) is 17.8 Å². The zero-order valence-corrected chi connectivity index (χ0v) is 9.12. The smallest absolute Gasteiger partial charge is 0.356 e. The van der Waals surface area contributed by atoms with Gasteiger partial charge in [0.2, 0.25) is 5.91 Å². The van der Waals surface area contributed by atoms with Gasteiger partial charge in [0.15, 0.2) is 5.69 Å². The van der Waals surface area contributed by atoms with Gasteiger partial charge in [-0.15, -0.1) is 11.6 Å². The predicted octanol–water partition coefficient (Wildman–Crippen LogP) is 0.231. The molecule has 0 saturated heterocycles. The van der Waals surface area contributed by atoms with E-state index in [1.807, 2.05) is 0 Å². The van der Waals surface area contributed by atoms with Crippen molar-refractivity contribution in [1.82, 2.24) is 15.1 Å². The van der Waals surface area contributed by atoms with Crippen LogP contribution in [0.25, 0.3) is 0 Å². The first kappa shape index (κ1) is 10.9. The standard InChI is InChI=1S/C9H10ClN3O3/c10-3-7(14)13-2-1-6-5(4-13)8(9(15)16)12-11-6/h1-4H2,(H,11,12)(H,15,16). The fourth-order valence-electron chi connectivity index (χ4n) is 1.77. The Labute approximate surface area is 96.2 Å². The summed E-state index contributed by atoms with van der Waals surface area (Å²) in [5, 5.41) is 15.3. The minimum absolute atomic E-state index is 0.0120. The van der Waals surface area contributed by atoms with Crippen molar-refractivity contribution < 1.29 is 14.7 Å². The van der Waals surface area contributed by atoms with Gasteiger partial charge in [0.05, 0.1) is 0 Å². The van der Waals surface area contributed by atoms with Crippen molar-refractivity contribution in [2.45, 2.75) is 13.0 Å². The lowest BCUT2D eigenvalue weighted by Crippen LogP contribution is -2.37. The number of amides is 1. The van der Waals surface area contributed by atoms with Gasteiger partial charge in [-0.1, -0.05) is 0 Å². The van der Waals surface area contributed by atoms with E-state index in [0.29, 0.717) is 18.5 Å². The first-order valence-electron chi connectivity index (χ1n) is 4.76. The van der Waals surface area contributed by atoms with Gasteiger partial charge >= 0.3 is 5.97 Å². The van der Waals surface area contributed by atoms with E-state index < -0.39 is 5.97 Å². The zero-order chi connectivity index (χ0) is 11.7. The Kier molecular flexibility index (Phi) is 2.82. The molecule has 0 atom stereocenters. The van der Waals surface area contributed by atoms with Gasteiger partial charge in [0.1, 0.15) is 5.88 Å². The van der Waals surface area contributed by atoms with E-state index in [1.54, 1.807) is 0 Å². The first-order valence-corrected chi connectivity index (χ1v) is 5.30. The highest BCUT2D eigenvalue weighted by Gasteiger charge is 2.26. The summed E-state index contributed by atoms with van der Waals surface area (Å²) >= 11 is 5.46. The molecule has 1 aliphatic heterocycles. The summed E-state index contributed by atoms with van der Waals surface area (Å²) in [5.41, 5.74) is 1.36. The van der Waals surface area contributed by atoms with Crippen molar-refractivity contribution in [1.29, 1.82) is 0 Å². The van der Waals surface area contributed by atoms with Gasteiger partial charge in [-0.2, -0.15) is 5.10 Å². The highest BCUT2D eigenvalue weighted by molar-refractivity contribution is 6.27. The van der Waals surface area contributed by atoms with Crippen LogP contribution in [0, 0.1) is 0 Å². The second kappa shape index (κ2) is 4.13. The topological polar surface area (TPSA) is 86.3 Å². The van der Waals surface area contributed by atoms with E-state index in [0.717, 1.165) is 5.69 Å². The molecule has 0 saturated carbocycles. The largest absolute Gasteiger partial charge is 0.476 e. The number of hydrogen-bond donors (Lipinski definition) is 2. The fourth-order valence-corrected chi connectivity index (χ4v) is 1.94. The van der Waals surface area contributed by atoms with Crippen LogP contribution >= 0.6 is 11.6 Å². The van der Waals surface area contributed by atoms with Crippen LogP contribution in [0.5, 0.6) is 0 Å². The minimum atomic E-state index is -1.09. The van der Waals surface area contributed by atoms with Crippen LogP contribution in [0.1, 0.15) is 21.7 Å². The van der Waals surface area contributed by atoms with Crippen LogP contribution in [0.2, 0.25) is 0 Å². The Balaban J connectivity index is 2.27. The Morgan fingerprint density at radius 1 is 1.56 bits per heavy atom. The molecule has 0 aliphatic carbocycles. The van der Waals surface area contributed by atoms with Crippen molar-refractivity contribution in [2.24, 2.45) is 0 Å². The molecule has 0 aromatic carbocycles. The molecule has 0 fully saturated rings. The summed E-state index contributed by atoms with van der Waals surface area (Å²) in [6.45, 7) is 0.804. The van der Waals surface area contributed by atoms with Gasteiger partial charge in [-0.05, 0) is 0 Å². The third-order valence-electron chi connectivity index (χ3n) is 2.60. The highest BCUT2D eigenvalue weighted by atomic mass is 35.5. The quantitative estimate of drug-likeness (QED) is 0.728. The molecule has 2 rings (SSSR count). The second-order valence-electron chi connectivity index (χ2n) is 3.53. The number of hydrogen-bond acceptors (Lipinski definition) is 3. The van der Waals surface area contributed by atoms with Crippen LogP contribution < -0.4 is 0 Å². The summed E-state index contributed by atoms with van der Waals surface area (Å²) in [5.74, 6) is -1.36. The van der Waals surface area contributed by atoms with E-state index in [-0.39, 0.29) is 24.0 Å². The number of carboxylic acid groups (broad SMARTS) is 1. The monoisotopic (exact) mass is 243 g/mol. The number of rotatable bonds is 2. The normalized spacial score (nSPS) is 14.7. The number of halogens is 1. The predicted molar refractivity (Wildman–Crippen MR) is 55.4 cm³/mol. The molecule has 0 spiro atoms. The fraction of sp³-hybridized carbons (Fsp3) is 0.444. The first-order chi connectivity index (χ1) is 7.63. The molecule has 1 aliphatic rings. The second-order valence-corrected chi connectivity index (χ2v) is 3.80. The molecular formula is C9H10ClN3O3. The van der Waals surface area contributed by atoms with E-state index in [1.165, 1.54) is 4.90 Å². The lowest BCUT2D eigenvalue weighted by Gasteiger charge is -2.26. The SMILES string of the molecule is O=C(O)c1n[nH]c2c1CN(C(=O)CCl)CC2. The molecular weight excluding hydrogens is 234 g/mol. The number of alkyl halides is 1. The van der Waals surface area contributed by atoms with Gasteiger partial charge < -0.3 is 10.0 Å². The number of aromatic carboxylic acids is 1. The number of carbonyl (C=O) groups is 2. The Morgan fingerprint density at radius 2 is 2.31 bits per heavy atom. The molecule has 0 bridgehead atoms. The molecule has 7 heteroatoms. The minimum Gasteiger partial charge on any atom is -0.476 e. The number of nitrogens with zero attached hydrogens (tertiary/aromatic N) is 2. The van der Waals surface area contributed by atoms with E-state index in [9.17, 15) is 9.59 Å². The number of carbonyl (C=O) groups excluding carboxylic acids is 1. The van der Waals surface area contributed by atoms with Gasteiger partial charge in [0, 0.05) is 30.8 Å². The van der Waals surface area contributed by atoms with E-state index in [2.05, 4.69) is 10.2 Å². The summed E-state index contributed by atoms with van der Waals surface area (Å²) < 4.78 is 0. The number of H-pyrrole nitrogens is 1. The number of carboxylic acids is 1. The molecule has 2 N–H and O–H groups in total. The van der Waals surface area contributed by atoms with Crippen LogP contribution in [0.4, 0.5) is 0 Å². The summed E-state index contributed by atoms with van der Waals surface area (Å²) in [4.78, 5) is 23.8. The van der Waals surface area contributed by atoms with E-state index in [4.69, 9.17) is 16.7 Å². The van der Waals surface area contributed by atoms with Crippen molar-refractivity contribution in [3.05, 3.63) is 17.0 Å². The van der Waals surface area contributed by atoms with Gasteiger partial charge in [-0.25, -0.2) is 4.79 Å². The lowest BCUT2D eigenvalue weighted by molar-refractivity contribution is -0.129. The molecule has 1 aromatic heterocycles. The average Bonchev–Trinajstić information content (AvgIpc) is 2.70. The number of fused-ring (bicyclic) bond motifs is 1. The van der Waals surface area contributed by atoms with Crippen LogP contribution in [0.15, 0.2) is 0 Å². The average molecular weight is 244 g/mol. The molecule has 86 valence electrons. The third kappa shape index (κ3) is 1.76. The molecule has 0 radical (unpaired) electrons. The number of aromatic amines is 1. The summed E-state index contributed by atoms with van der Waals surface area (Å²) in [6, 6.07) is 0. The third-order valence-corrected chi connectivity index (χ3v) is 2.83. The van der Waals surface area contributed by atoms with Gasteiger partial charge in [0.25, 0.3) is 0 Å². The van der Waals surface area contributed by atoms with Gasteiger partial charge in [-0.3, -0.25) is 9.89 Å². The molecule has 1 aromatic rings. The zero-order valence-electron chi connectivity index (χ0n) is 8.36. The molecule has 0 unspecified atom stereocenters. The van der Waals surface area contributed by atoms with Crippen LogP contribution in [0.3, 0.4) is 0 Å². The Bertz CT molecular complexity index is 443. The molecule has 1 amide bonds. The van der Waals surface area contributed by atoms with Crippen molar-refractivity contribution in [3.63, 3.8) is 0 Å². The molecule has 16 heavy (non-hydrogen) atoms. The Hall–Kier alpha value is -1.56. The number of nitrogens with one attached hydrogen (secondary N) is 1. The van der Waals surface area contributed by atoms with E-state index >= 15 is 0 Å². The maximum absolute atomic E-state index is 11.4. The van der Waals surface area contributed by atoms with Crippen molar-refractivity contribution in [2.75, 3.05) is 12.4 Å². The maximum Gasteiger partial charge on any atom is 0.356 e. The number of aromatic nitrogens is 2. The summed E-state index contributed by atoms with van der Waals surface area (Å²) in [7, 11) is 0. The molecule has 6 nitrogen and oxygen atoms in total. The van der Waals surface area contributed by atoms with Crippen molar-refractivity contribution in [3.8, 4) is 0 Å². The maximum atomic E-state index is 11.4.